The molecule has 2 amide bonds. The van der Waals surface area contributed by atoms with Gasteiger partial charge in [0, 0.05) is 51.4 Å². The lowest BCUT2D eigenvalue weighted by Gasteiger charge is -2.37. The van der Waals surface area contributed by atoms with Crippen molar-refractivity contribution in [2.75, 3.05) is 45.2 Å². The van der Waals surface area contributed by atoms with Crippen LogP contribution in [-0.4, -0.2) is 76.3 Å². The number of anilines is 1. The van der Waals surface area contributed by atoms with Crippen molar-refractivity contribution >= 4 is 45.2 Å². The van der Waals surface area contributed by atoms with Crippen LogP contribution in [0.1, 0.15) is 12.8 Å². The predicted molar refractivity (Wildman–Crippen MR) is 109 cm³/mol. The number of fused-ring (bicyclic) bond motifs is 1. The zero-order valence-electron chi connectivity index (χ0n) is 15.4. The maximum absolute atomic E-state index is 12.2. The number of aromatic nitrogens is 2. The molecule has 0 unspecified atom stereocenters. The molecule has 4 rings (SSSR count). The number of nitrogens with zero attached hydrogens (tertiary/aromatic N) is 5. The molecule has 0 spiro atoms. The lowest BCUT2D eigenvalue weighted by atomic mass is 10.2. The number of carbonyl (C=O) groups excluding carboxylic acids is 1. The fourth-order valence-electron chi connectivity index (χ4n) is 3.10. The van der Waals surface area contributed by atoms with E-state index in [4.69, 9.17) is 0 Å². The highest BCUT2D eigenvalue weighted by Crippen LogP contribution is 2.36. The fraction of sp³-hybridized carbons (Fsp3) is 0.529. The maximum Gasteiger partial charge on any atom is 0.319 e. The molecule has 0 radical (unpaired) electrons. The number of nitrogens with one attached hydrogen (secondary N) is 1. The Bertz CT molecular complexity index is 860. The van der Waals surface area contributed by atoms with Crippen molar-refractivity contribution in [2.45, 2.75) is 23.5 Å². The van der Waals surface area contributed by atoms with E-state index in [0.717, 1.165) is 46.8 Å². The Morgan fingerprint density at radius 1 is 1.33 bits per heavy atom. The third-order valence-electron chi connectivity index (χ3n) is 4.87. The number of urea groups is 1. The van der Waals surface area contributed by atoms with Crippen LogP contribution in [0.25, 0.3) is 5.65 Å². The topological polar surface area (TPSA) is 76.4 Å². The zero-order chi connectivity index (χ0) is 19.2. The lowest BCUT2D eigenvalue weighted by Crippen LogP contribution is -2.51. The van der Waals surface area contributed by atoms with Gasteiger partial charge in [-0.3, -0.25) is 4.40 Å². The summed E-state index contributed by atoms with van der Waals surface area (Å²) in [7, 11) is 3.56. The normalized spacial score (nSPS) is 18.8. The van der Waals surface area contributed by atoms with Crippen LogP contribution in [0.2, 0.25) is 0 Å². The molecule has 10 heteroatoms. The molecule has 1 saturated heterocycles. The molecule has 0 atom stereocenters. The molecular weight excluding hydrogens is 432 g/mol. The maximum atomic E-state index is 12.2. The summed E-state index contributed by atoms with van der Waals surface area (Å²) in [6.07, 6.45) is 5.36. The first-order valence-corrected chi connectivity index (χ1v) is 10.5. The second kappa shape index (κ2) is 7.16. The Morgan fingerprint density at radius 2 is 2.04 bits per heavy atom. The smallest absolute Gasteiger partial charge is 0.319 e. The number of amides is 2. The van der Waals surface area contributed by atoms with Crippen molar-refractivity contribution in [3.8, 4) is 0 Å². The van der Waals surface area contributed by atoms with Gasteiger partial charge in [0.25, 0.3) is 0 Å². The van der Waals surface area contributed by atoms with Crippen molar-refractivity contribution in [1.82, 2.24) is 23.9 Å². The van der Waals surface area contributed by atoms with Gasteiger partial charge in [-0.15, -0.1) is 0 Å². The number of hydrogen-bond acceptors (Lipinski definition) is 6. The standard InChI is InChI=1S/C17H23BrN6O2S/c1-21(2)16(25)23-7-5-22(6-8-23)13-9-12(27-20-17(26)3-4-17)11-24-14(18)10-19-15(13)24/h9-11,20,26H,3-8H2,1-2H3. The Hall–Kier alpha value is -1.49. The monoisotopic (exact) mass is 454 g/mol. The van der Waals surface area contributed by atoms with E-state index in [1.165, 1.54) is 11.9 Å². The van der Waals surface area contributed by atoms with Crippen LogP contribution in [-0.2, 0) is 0 Å². The molecule has 2 N–H and O–H groups in total. The van der Waals surface area contributed by atoms with Gasteiger partial charge in [0.15, 0.2) is 5.65 Å². The molecule has 2 aliphatic rings. The van der Waals surface area contributed by atoms with E-state index in [0.29, 0.717) is 13.1 Å². The SMILES string of the molecule is CN(C)C(=O)N1CCN(c2cc(SNC3(O)CC3)cn3c(Br)cnc23)CC1. The van der Waals surface area contributed by atoms with Crippen LogP contribution in [0.4, 0.5) is 10.5 Å². The van der Waals surface area contributed by atoms with Crippen LogP contribution < -0.4 is 9.62 Å². The van der Waals surface area contributed by atoms with E-state index in [1.807, 2.05) is 15.5 Å². The van der Waals surface area contributed by atoms with Gasteiger partial charge in [0.05, 0.1) is 11.9 Å². The number of piperazine rings is 1. The van der Waals surface area contributed by atoms with E-state index >= 15 is 0 Å². The molecule has 1 aliphatic heterocycles. The second-order valence-corrected chi connectivity index (χ2v) is 8.91. The molecular formula is C17H23BrN6O2S. The number of aliphatic hydroxyl groups is 1. The Labute approximate surface area is 170 Å². The number of rotatable bonds is 4. The van der Waals surface area contributed by atoms with Gasteiger partial charge in [-0.25, -0.2) is 14.5 Å². The first-order valence-electron chi connectivity index (χ1n) is 8.90. The zero-order valence-corrected chi connectivity index (χ0v) is 17.8. The average Bonchev–Trinajstić information content (AvgIpc) is 3.30. The number of pyridine rings is 1. The number of halogens is 1. The number of imidazole rings is 1. The molecule has 0 aromatic carbocycles. The summed E-state index contributed by atoms with van der Waals surface area (Å²) in [5.74, 6) is 0. The minimum atomic E-state index is -0.732. The molecule has 8 nitrogen and oxygen atoms in total. The van der Waals surface area contributed by atoms with Crippen molar-refractivity contribution in [2.24, 2.45) is 0 Å². The van der Waals surface area contributed by atoms with E-state index in [1.54, 1.807) is 25.2 Å². The van der Waals surface area contributed by atoms with Gasteiger partial charge in [-0.05, 0) is 46.8 Å². The van der Waals surface area contributed by atoms with Crippen LogP contribution >= 0.6 is 27.9 Å². The van der Waals surface area contributed by atoms with E-state index in [-0.39, 0.29) is 6.03 Å². The Morgan fingerprint density at radius 3 is 2.67 bits per heavy atom. The van der Waals surface area contributed by atoms with E-state index in [2.05, 4.69) is 36.6 Å². The van der Waals surface area contributed by atoms with Crippen molar-refractivity contribution in [3.05, 3.63) is 23.1 Å². The van der Waals surface area contributed by atoms with Gasteiger partial charge >= 0.3 is 6.03 Å². The summed E-state index contributed by atoms with van der Waals surface area (Å²) < 4.78 is 6.03. The van der Waals surface area contributed by atoms with E-state index in [9.17, 15) is 9.90 Å². The summed E-state index contributed by atoms with van der Waals surface area (Å²) >= 11 is 4.99. The first-order chi connectivity index (χ1) is 12.9. The van der Waals surface area contributed by atoms with Gasteiger partial charge in [-0.1, -0.05) is 0 Å². The van der Waals surface area contributed by atoms with Gasteiger partial charge in [-0.2, -0.15) is 0 Å². The minimum absolute atomic E-state index is 0.0505. The summed E-state index contributed by atoms with van der Waals surface area (Å²) in [4.78, 5) is 23.5. The fourth-order valence-corrected chi connectivity index (χ4v) is 4.31. The predicted octanol–water partition coefficient (Wildman–Crippen LogP) is 1.98. The van der Waals surface area contributed by atoms with Crippen molar-refractivity contribution in [3.63, 3.8) is 0 Å². The summed E-state index contributed by atoms with van der Waals surface area (Å²) in [6, 6.07) is 2.15. The second-order valence-electron chi connectivity index (χ2n) is 7.22. The lowest BCUT2D eigenvalue weighted by molar-refractivity contribution is 0.142. The van der Waals surface area contributed by atoms with Crippen LogP contribution in [0.3, 0.4) is 0 Å². The molecule has 146 valence electrons. The third-order valence-corrected chi connectivity index (χ3v) is 6.40. The Balaban J connectivity index is 1.56. The van der Waals surface area contributed by atoms with Gasteiger partial charge < -0.3 is 19.8 Å². The molecule has 2 fully saturated rings. The number of carbonyl (C=O) groups is 1. The molecule has 0 bridgehead atoms. The summed E-state index contributed by atoms with van der Waals surface area (Å²) in [5, 5.41) is 10.0. The van der Waals surface area contributed by atoms with Gasteiger partial charge in [0.1, 0.15) is 10.3 Å². The molecule has 2 aromatic heterocycles. The molecule has 1 aliphatic carbocycles. The molecule has 2 aromatic rings. The summed E-state index contributed by atoms with van der Waals surface area (Å²) in [5.41, 5.74) is 1.18. The van der Waals surface area contributed by atoms with Crippen LogP contribution in [0.15, 0.2) is 28.0 Å². The quantitative estimate of drug-likeness (QED) is 0.543. The first kappa shape index (κ1) is 18.9. The van der Waals surface area contributed by atoms with Crippen molar-refractivity contribution < 1.29 is 9.90 Å². The minimum Gasteiger partial charge on any atom is -0.375 e. The van der Waals surface area contributed by atoms with Crippen LogP contribution in [0, 0.1) is 0 Å². The molecule has 27 heavy (non-hydrogen) atoms. The average molecular weight is 455 g/mol. The number of hydrogen-bond donors (Lipinski definition) is 2. The molecule has 3 heterocycles. The van der Waals surface area contributed by atoms with Crippen molar-refractivity contribution in [1.29, 1.82) is 0 Å². The van der Waals surface area contributed by atoms with Crippen LogP contribution in [0.5, 0.6) is 0 Å². The third kappa shape index (κ3) is 3.89. The highest BCUT2D eigenvalue weighted by atomic mass is 79.9. The van der Waals surface area contributed by atoms with E-state index < -0.39 is 5.72 Å². The largest absolute Gasteiger partial charge is 0.375 e. The van der Waals surface area contributed by atoms with Gasteiger partial charge in [0.2, 0.25) is 0 Å². The Kier molecular flexibility index (Phi) is 5.00. The summed E-state index contributed by atoms with van der Waals surface area (Å²) in [6.45, 7) is 2.87. The highest BCUT2D eigenvalue weighted by Gasteiger charge is 2.40. The highest BCUT2D eigenvalue weighted by molar-refractivity contribution is 9.10. The molecule has 1 saturated carbocycles.